The van der Waals surface area contributed by atoms with Crippen LogP contribution in [0.15, 0.2) is 18.2 Å². The molecule has 1 aromatic carbocycles. The van der Waals surface area contributed by atoms with Gasteiger partial charge in [-0.2, -0.15) is 0 Å². The van der Waals surface area contributed by atoms with E-state index in [2.05, 4.69) is 5.32 Å². The van der Waals surface area contributed by atoms with Crippen molar-refractivity contribution in [1.29, 1.82) is 0 Å². The Balaban J connectivity index is 2.22. The molecule has 0 bridgehead atoms. The van der Waals surface area contributed by atoms with Crippen molar-refractivity contribution in [2.75, 3.05) is 7.05 Å². The molecule has 15 heavy (non-hydrogen) atoms. The van der Waals surface area contributed by atoms with Crippen LogP contribution in [0.1, 0.15) is 23.2 Å². The van der Waals surface area contributed by atoms with Crippen molar-refractivity contribution in [3.05, 3.63) is 29.6 Å². The first-order chi connectivity index (χ1) is 7.20. The van der Waals surface area contributed by atoms with Gasteiger partial charge >= 0.3 is 0 Å². The first-order valence-corrected chi connectivity index (χ1v) is 4.89. The van der Waals surface area contributed by atoms with Crippen LogP contribution in [0.5, 0.6) is 5.75 Å². The van der Waals surface area contributed by atoms with Crippen molar-refractivity contribution in [2.24, 2.45) is 0 Å². The lowest BCUT2D eigenvalue weighted by Crippen LogP contribution is -2.19. The summed E-state index contributed by atoms with van der Waals surface area (Å²) in [7, 11) is 1.47. The van der Waals surface area contributed by atoms with E-state index in [1.54, 1.807) is 6.07 Å². The van der Waals surface area contributed by atoms with Crippen LogP contribution < -0.4 is 10.1 Å². The van der Waals surface area contributed by atoms with Gasteiger partial charge in [0.05, 0.1) is 11.7 Å². The topological polar surface area (TPSA) is 38.3 Å². The van der Waals surface area contributed by atoms with E-state index in [0.29, 0.717) is 5.75 Å². The summed E-state index contributed by atoms with van der Waals surface area (Å²) in [5.74, 6) is -0.413. The number of hydrogen-bond acceptors (Lipinski definition) is 2. The number of ether oxygens (including phenoxy) is 1. The van der Waals surface area contributed by atoms with Gasteiger partial charge in [0, 0.05) is 7.05 Å². The van der Waals surface area contributed by atoms with Crippen LogP contribution in [0.4, 0.5) is 4.39 Å². The summed E-state index contributed by atoms with van der Waals surface area (Å²) < 4.78 is 18.7. The summed E-state index contributed by atoms with van der Waals surface area (Å²) in [6.45, 7) is 0. The summed E-state index contributed by atoms with van der Waals surface area (Å²) in [4.78, 5) is 11.3. The lowest BCUT2D eigenvalue weighted by atomic mass is 10.2. The van der Waals surface area contributed by atoms with E-state index < -0.39 is 11.7 Å². The SMILES string of the molecule is CNC(=O)c1cc(OC2CC2)ccc1F. The van der Waals surface area contributed by atoms with Gasteiger partial charge < -0.3 is 10.1 Å². The Morgan fingerprint density at radius 2 is 2.27 bits per heavy atom. The highest BCUT2D eigenvalue weighted by atomic mass is 19.1. The summed E-state index contributed by atoms with van der Waals surface area (Å²) in [5, 5.41) is 2.38. The molecule has 0 aliphatic heterocycles. The molecule has 1 N–H and O–H groups in total. The summed E-state index contributed by atoms with van der Waals surface area (Å²) in [6.07, 6.45) is 2.31. The average Bonchev–Trinajstić information content (AvgIpc) is 3.04. The molecule has 1 aromatic rings. The second kappa shape index (κ2) is 3.88. The Morgan fingerprint density at radius 3 is 2.87 bits per heavy atom. The Kier molecular flexibility index (Phi) is 2.58. The maximum absolute atomic E-state index is 13.2. The Labute approximate surface area is 87.2 Å². The first kappa shape index (κ1) is 9.96. The van der Waals surface area contributed by atoms with E-state index in [9.17, 15) is 9.18 Å². The van der Waals surface area contributed by atoms with Crippen molar-refractivity contribution < 1.29 is 13.9 Å². The lowest BCUT2D eigenvalue weighted by Gasteiger charge is -2.07. The van der Waals surface area contributed by atoms with E-state index in [-0.39, 0.29) is 11.7 Å². The fraction of sp³-hybridized carbons (Fsp3) is 0.364. The van der Waals surface area contributed by atoms with E-state index in [0.717, 1.165) is 12.8 Å². The highest BCUT2D eigenvalue weighted by molar-refractivity contribution is 5.94. The molecule has 3 nitrogen and oxygen atoms in total. The Bertz CT molecular complexity index is 388. The molecule has 0 atom stereocenters. The van der Waals surface area contributed by atoms with Gasteiger partial charge in [0.25, 0.3) is 5.91 Å². The van der Waals surface area contributed by atoms with Crippen molar-refractivity contribution in [3.63, 3.8) is 0 Å². The molecular formula is C11H12FNO2. The van der Waals surface area contributed by atoms with Gasteiger partial charge in [0.15, 0.2) is 0 Å². The molecular weight excluding hydrogens is 197 g/mol. The Hall–Kier alpha value is -1.58. The maximum atomic E-state index is 13.2. The van der Waals surface area contributed by atoms with Crippen LogP contribution >= 0.6 is 0 Å². The quantitative estimate of drug-likeness (QED) is 0.823. The summed E-state index contributed by atoms with van der Waals surface area (Å²) >= 11 is 0. The van der Waals surface area contributed by atoms with Crippen molar-refractivity contribution in [3.8, 4) is 5.75 Å². The van der Waals surface area contributed by atoms with Crippen LogP contribution in [0.2, 0.25) is 0 Å². The molecule has 0 spiro atoms. The minimum atomic E-state index is -0.530. The van der Waals surface area contributed by atoms with Gasteiger partial charge in [-0.1, -0.05) is 0 Å². The zero-order valence-corrected chi connectivity index (χ0v) is 8.42. The van der Waals surface area contributed by atoms with Crippen LogP contribution in [0.3, 0.4) is 0 Å². The van der Waals surface area contributed by atoms with Gasteiger partial charge in [-0.3, -0.25) is 4.79 Å². The fourth-order valence-electron chi connectivity index (χ4n) is 1.26. The van der Waals surface area contributed by atoms with Crippen molar-refractivity contribution in [1.82, 2.24) is 5.32 Å². The molecule has 2 rings (SSSR count). The molecule has 4 heteroatoms. The van der Waals surface area contributed by atoms with Crippen molar-refractivity contribution >= 4 is 5.91 Å². The molecule has 0 unspecified atom stereocenters. The number of benzene rings is 1. The predicted molar refractivity (Wildman–Crippen MR) is 53.4 cm³/mol. The third-order valence-electron chi connectivity index (χ3n) is 2.24. The third kappa shape index (κ3) is 2.26. The lowest BCUT2D eigenvalue weighted by molar-refractivity contribution is 0.0958. The molecule has 0 aromatic heterocycles. The van der Waals surface area contributed by atoms with Gasteiger partial charge in [-0.25, -0.2) is 4.39 Å². The predicted octanol–water partition coefficient (Wildman–Crippen LogP) is 1.73. The second-order valence-electron chi connectivity index (χ2n) is 3.54. The molecule has 1 amide bonds. The smallest absolute Gasteiger partial charge is 0.254 e. The van der Waals surface area contributed by atoms with Crippen LogP contribution in [-0.4, -0.2) is 19.1 Å². The molecule has 1 fully saturated rings. The third-order valence-corrected chi connectivity index (χ3v) is 2.24. The average molecular weight is 209 g/mol. The number of carbonyl (C=O) groups is 1. The zero-order valence-electron chi connectivity index (χ0n) is 8.42. The number of halogens is 1. The monoisotopic (exact) mass is 209 g/mol. The van der Waals surface area contributed by atoms with Gasteiger partial charge in [0.1, 0.15) is 11.6 Å². The number of carbonyl (C=O) groups excluding carboxylic acids is 1. The van der Waals surface area contributed by atoms with Gasteiger partial charge in [-0.15, -0.1) is 0 Å². The maximum Gasteiger partial charge on any atom is 0.254 e. The number of hydrogen-bond donors (Lipinski definition) is 1. The number of amides is 1. The van der Waals surface area contributed by atoms with Crippen LogP contribution in [0, 0.1) is 5.82 Å². The summed E-state index contributed by atoms with van der Waals surface area (Å²) in [5.41, 5.74) is 0.0237. The zero-order chi connectivity index (χ0) is 10.8. The standard InChI is InChI=1S/C11H12FNO2/c1-13-11(14)9-6-8(4-5-10(9)12)15-7-2-3-7/h4-7H,2-3H2,1H3,(H,13,14). The second-order valence-corrected chi connectivity index (χ2v) is 3.54. The molecule has 0 radical (unpaired) electrons. The molecule has 0 heterocycles. The Morgan fingerprint density at radius 1 is 1.53 bits per heavy atom. The fourth-order valence-corrected chi connectivity index (χ4v) is 1.26. The molecule has 0 saturated heterocycles. The summed E-state index contributed by atoms with van der Waals surface area (Å²) in [6, 6.07) is 4.23. The van der Waals surface area contributed by atoms with E-state index >= 15 is 0 Å². The molecule has 80 valence electrons. The van der Waals surface area contributed by atoms with E-state index in [4.69, 9.17) is 4.74 Å². The van der Waals surface area contributed by atoms with Gasteiger partial charge in [0.2, 0.25) is 0 Å². The highest BCUT2D eigenvalue weighted by Gasteiger charge is 2.24. The minimum Gasteiger partial charge on any atom is -0.490 e. The largest absolute Gasteiger partial charge is 0.490 e. The molecule has 1 saturated carbocycles. The normalized spacial score (nSPS) is 14.8. The van der Waals surface area contributed by atoms with Crippen LogP contribution in [-0.2, 0) is 0 Å². The highest BCUT2D eigenvalue weighted by Crippen LogP contribution is 2.27. The van der Waals surface area contributed by atoms with Crippen molar-refractivity contribution in [2.45, 2.75) is 18.9 Å². The molecule has 1 aliphatic rings. The van der Waals surface area contributed by atoms with Crippen LogP contribution in [0.25, 0.3) is 0 Å². The van der Waals surface area contributed by atoms with E-state index in [1.165, 1.54) is 19.2 Å². The van der Waals surface area contributed by atoms with Gasteiger partial charge in [-0.05, 0) is 31.0 Å². The number of rotatable bonds is 3. The molecule has 1 aliphatic carbocycles. The minimum absolute atomic E-state index is 0.0237. The first-order valence-electron chi connectivity index (χ1n) is 4.89. The van der Waals surface area contributed by atoms with E-state index in [1.807, 2.05) is 0 Å². The number of nitrogens with one attached hydrogen (secondary N) is 1.